The van der Waals surface area contributed by atoms with Crippen LogP contribution in [0.4, 0.5) is 0 Å². The van der Waals surface area contributed by atoms with Crippen LogP contribution >= 0.6 is 56.8 Å². The van der Waals surface area contributed by atoms with Gasteiger partial charge in [-0.3, -0.25) is 0 Å². The van der Waals surface area contributed by atoms with Gasteiger partial charge in [0.25, 0.3) is 0 Å². The number of carboxylic acid groups (broad SMARTS) is 1. The molecule has 0 aliphatic rings. The Morgan fingerprint density at radius 2 is 1.97 bits per heavy atom. The molecule has 2 rings (SSSR count). The van der Waals surface area contributed by atoms with Crippen molar-refractivity contribution < 1.29 is 19.4 Å². The van der Waals surface area contributed by atoms with E-state index in [4.69, 9.17) is 21.1 Å². The topological polar surface area (TPSA) is 55.8 Å². The zero-order valence-corrected chi connectivity index (χ0v) is 20.7. The monoisotopic (exact) mass is 636 g/mol. The average Bonchev–Trinajstić information content (AvgIpc) is 2.64. The molecule has 0 heterocycles. The van der Waals surface area contributed by atoms with E-state index in [1.54, 1.807) is 31.2 Å². The van der Waals surface area contributed by atoms with Gasteiger partial charge in [-0.2, -0.15) is 0 Å². The molecule has 0 aliphatic carbocycles. The van der Waals surface area contributed by atoms with Gasteiger partial charge in [-0.05, 0) is 100 Å². The zero-order valence-electron chi connectivity index (χ0n) is 15.6. The molecule has 2 aromatic carbocycles. The fraction of sp³-hybridized carbons (Fsp3) is 0.227. The summed E-state index contributed by atoms with van der Waals surface area (Å²) in [4.78, 5) is 11.2. The molecule has 29 heavy (non-hydrogen) atoms. The van der Waals surface area contributed by atoms with Crippen molar-refractivity contribution in [1.29, 1.82) is 0 Å². The first-order chi connectivity index (χ1) is 13.9. The Kier molecular flexibility index (Phi) is 10.3. The quantitative estimate of drug-likeness (QED) is 0.304. The predicted molar refractivity (Wildman–Crippen MR) is 132 cm³/mol. The van der Waals surface area contributed by atoms with Crippen LogP contribution in [-0.4, -0.2) is 30.4 Å². The van der Waals surface area contributed by atoms with Crippen molar-refractivity contribution in [2.45, 2.75) is 19.4 Å². The Morgan fingerprint density at radius 3 is 2.59 bits per heavy atom. The van der Waals surface area contributed by atoms with Crippen molar-refractivity contribution in [1.82, 2.24) is 0 Å². The van der Waals surface area contributed by atoms with Gasteiger partial charge in [-0.1, -0.05) is 29.5 Å². The summed E-state index contributed by atoms with van der Waals surface area (Å²) in [5.41, 5.74) is 1.74. The number of hydrogen-bond acceptors (Lipinski definition) is 3. The molecule has 0 aliphatic heterocycles. The van der Waals surface area contributed by atoms with Crippen LogP contribution in [0, 0.1) is 19.0 Å². The summed E-state index contributed by atoms with van der Waals surface area (Å²) in [6, 6.07) is 11.4. The highest BCUT2D eigenvalue weighted by Crippen LogP contribution is 2.26. The molecule has 4 nitrogen and oxygen atoms in total. The Hall–Kier alpha value is -1.28. The fourth-order valence-electron chi connectivity index (χ4n) is 2.42. The summed E-state index contributed by atoms with van der Waals surface area (Å²) < 4.78 is 13.2. The lowest BCUT2D eigenvalue weighted by Crippen LogP contribution is -2.26. The lowest BCUT2D eigenvalue weighted by atomic mass is 10.1. The van der Waals surface area contributed by atoms with E-state index < -0.39 is 12.1 Å². The second kappa shape index (κ2) is 12.4. The Bertz CT molecular complexity index is 927. The van der Waals surface area contributed by atoms with Gasteiger partial charge < -0.3 is 14.6 Å². The first kappa shape index (κ1) is 24.0. The molecule has 0 bridgehead atoms. The highest BCUT2D eigenvalue weighted by Gasteiger charge is 2.18. The van der Waals surface area contributed by atoms with E-state index in [1.807, 2.05) is 18.2 Å². The van der Waals surface area contributed by atoms with Crippen LogP contribution in [0.1, 0.15) is 18.1 Å². The summed E-state index contributed by atoms with van der Waals surface area (Å²) in [5.74, 6) is 5.62. The van der Waals surface area contributed by atoms with Gasteiger partial charge in [-0.25, -0.2) is 4.79 Å². The minimum Gasteiger partial charge on any atom is -0.488 e. The number of halogens is 3. The van der Waals surface area contributed by atoms with E-state index in [1.165, 1.54) is 0 Å². The number of rotatable bonds is 8. The van der Waals surface area contributed by atoms with Crippen molar-refractivity contribution in [2.24, 2.45) is 0 Å². The molecule has 0 fully saturated rings. The zero-order chi connectivity index (χ0) is 21.2. The first-order valence-corrected chi connectivity index (χ1v) is 11.3. The third-order valence-electron chi connectivity index (χ3n) is 3.68. The van der Waals surface area contributed by atoms with Gasteiger partial charge in [0.05, 0.1) is 5.02 Å². The molecule has 0 saturated carbocycles. The van der Waals surface area contributed by atoms with Crippen molar-refractivity contribution in [3.05, 3.63) is 71.8 Å². The number of allylic oxidation sites excluding steroid dienone is 1. The molecular weight excluding hydrogens is 617 g/mol. The largest absolute Gasteiger partial charge is 0.488 e. The third kappa shape index (κ3) is 8.54. The van der Waals surface area contributed by atoms with E-state index in [0.29, 0.717) is 24.0 Å². The summed E-state index contributed by atoms with van der Waals surface area (Å²) in [6.45, 7) is 2.43. The van der Waals surface area contributed by atoms with E-state index >= 15 is 0 Å². The maximum absolute atomic E-state index is 11.2. The third-order valence-corrected chi connectivity index (χ3v) is 5.22. The number of benzene rings is 2. The maximum Gasteiger partial charge on any atom is 0.333 e. The van der Waals surface area contributed by atoms with Crippen molar-refractivity contribution in [2.75, 3.05) is 13.2 Å². The van der Waals surface area contributed by atoms with E-state index in [2.05, 4.69) is 63.1 Å². The molecule has 0 saturated heterocycles. The molecule has 1 N–H and O–H groups in total. The normalized spacial score (nSPS) is 11.7. The number of carbonyl (C=O) groups is 1. The minimum atomic E-state index is -0.991. The second-order valence-corrected chi connectivity index (χ2v) is 8.79. The smallest absolute Gasteiger partial charge is 0.333 e. The van der Waals surface area contributed by atoms with Gasteiger partial charge >= 0.3 is 5.97 Å². The van der Waals surface area contributed by atoms with Crippen LogP contribution in [0.2, 0.25) is 5.02 Å². The van der Waals surface area contributed by atoms with Crippen LogP contribution in [-0.2, 0) is 16.0 Å². The van der Waals surface area contributed by atoms with Crippen molar-refractivity contribution in [3.63, 3.8) is 0 Å². The van der Waals surface area contributed by atoms with E-state index in [9.17, 15) is 9.90 Å². The standard InChI is InChI=1S/C22H19ClI2O4/c1-2-28-21(22(26)27)13-16-7-8-20(19(23)12-16)29-9-5-3-4-6-15-10-17(24)14-18(25)11-15/h3,5,7-8,10-12,14,21H,2,9,13H2,1H3,(H,26,27)/b5-3-. The van der Waals surface area contributed by atoms with E-state index in [-0.39, 0.29) is 6.42 Å². The van der Waals surface area contributed by atoms with Crippen LogP contribution in [0.25, 0.3) is 0 Å². The molecule has 152 valence electrons. The summed E-state index contributed by atoms with van der Waals surface area (Å²) in [7, 11) is 0. The SMILES string of the molecule is CCOC(Cc1ccc(OC/C=C\C#Cc2cc(I)cc(I)c2)c(Cl)c1)C(=O)O. The van der Waals surface area contributed by atoms with Gasteiger partial charge in [0, 0.05) is 25.7 Å². The van der Waals surface area contributed by atoms with Gasteiger partial charge in [-0.15, -0.1) is 0 Å². The molecule has 0 radical (unpaired) electrons. The summed E-state index contributed by atoms with van der Waals surface area (Å²) in [5, 5.41) is 9.60. The fourth-order valence-corrected chi connectivity index (χ4v) is 4.61. The molecule has 0 aromatic heterocycles. The number of carboxylic acids is 1. The summed E-state index contributed by atoms with van der Waals surface area (Å²) in [6.07, 6.45) is 2.91. The highest BCUT2D eigenvalue weighted by atomic mass is 127. The average molecular weight is 637 g/mol. The number of ether oxygens (including phenoxy) is 2. The lowest BCUT2D eigenvalue weighted by Gasteiger charge is -2.13. The molecule has 1 unspecified atom stereocenters. The molecule has 0 spiro atoms. The van der Waals surface area contributed by atoms with Crippen LogP contribution in [0.5, 0.6) is 5.75 Å². The second-order valence-electron chi connectivity index (χ2n) is 5.89. The number of aliphatic carboxylic acids is 1. The lowest BCUT2D eigenvalue weighted by molar-refractivity contribution is -0.149. The predicted octanol–water partition coefficient (Wildman–Crippen LogP) is 5.57. The first-order valence-electron chi connectivity index (χ1n) is 8.77. The molecule has 7 heteroatoms. The Balaban J connectivity index is 1.90. The Morgan fingerprint density at radius 1 is 1.24 bits per heavy atom. The van der Waals surface area contributed by atoms with Gasteiger partial charge in [0.2, 0.25) is 0 Å². The highest BCUT2D eigenvalue weighted by molar-refractivity contribution is 14.1. The molecule has 0 amide bonds. The van der Waals surface area contributed by atoms with E-state index in [0.717, 1.165) is 18.3 Å². The van der Waals surface area contributed by atoms with Gasteiger partial charge in [0.1, 0.15) is 12.4 Å². The maximum atomic E-state index is 11.2. The van der Waals surface area contributed by atoms with Crippen LogP contribution < -0.4 is 4.74 Å². The number of hydrogen-bond donors (Lipinski definition) is 1. The van der Waals surface area contributed by atoms with Crippen molar-refractivity contribution >= 4 is 62.8 Å². The van der Waals surface area contributed by atoms with Crippen LogP contribution in [0.15, 0.2) is 48.6 Å². The molecule has 2 aromatic rings. The minimum absolute atomic E-state index is 0.246. The molecular formula is C22H19ClI2O4. The van der Waals surface area contributed by atoms with Crippen LogP contribution in [0.3, 0.4) is 0 Å². The summed E-state index contributed by atoms with van der Waals surface area (Å²) >= 11 is 10.8. The Labute approximate surface area is 202 Å². The van der Waals surface area contributed by atoms with Crippen molar-refractivity contribution in [3.8, 4) is 17.6 Å². The van der Waals surface area contributed by atoms with Gasteiger partial charge in [0.15, 0.2) is 6.10 Å². The molecule has 1 atom stereocenters.